The summed E-state index contributed by atoms with van der Waals surface area (Å²) in [6, 6.07) is 10.2. The largest absolute Gasteiger partial charge is 0.241 e. The molecule has 1 heterocycles. The lowest BCUT2D eigenvalue weighted by molar-refractivity contribution is 0.880. The zero-order valence-electron chi connectivity index (χ0n) is 8.18. The number of alkyl halides is 1. The number of benzene rings is 1. The molecule has 0 amide bonds. The molecule has 1 saturated carbocycles. The molecule has 76 valence electrons. The predicted octanol–water partition coefficient (Wildman–Crippen LogP) is 3.12. The lowest BCUT2D eigenvalue weighted by Crippen LogP contribution is -1.92. The fourth-order valence-corrected chi connectivity index (χ4v) is 2.47. The Morgan fingerprint density at radius 1 is 1.27 bits per heavy atom. The summed E-state index contributed by atoms with van der Waals surface area (Å²) in [4.78, 5) is 0.658. The van der Waals surface area contributed by atoms with Crippen molar-refractivity contribution in [3.8, 4) is 5.69 Å². The molecule has 0 N–H and O–H groups in total. The van der Waals surface area contributed by atoms with E-state index in [1.807, 2.05) is 29.1 Å². The van der Waals surface area contributed by atoms with Crippen molar-refractivity contribution < 1.29 is 0 Å². The normalized spacial score (nSPS) is 24.1. The van der Waals surface area contributed by atoms with Gasteiger partial charge in [0.05, 0.1) is 11.9 Å². The number of halogens is 1. The van der Waals surface area contributed by atoms with Crippen LogP contribution in [0.5, 0.6) is 0 Å². The van der Waals surface area contributed by atoms with Gasteiger partial charge in [-0.05, 0) is 24.1 Å². The van der Waals surface area contributed by atoms with Gasteiger partial charge in [0.1, 0.15) is 0 Å². The van der Waals surface area contributed by atoms with E-state index in [-0.39, 0.29) is 0 Å². The standard InChI is InChI=1S/C12H11BrN2/c13-12-6-11(12)9-7-14-15(8-9)10-4-2-1-3-5-10/h1-5,7-8,11-12H,6H2. The summed E-state index contributed by atoms with van der Waals surface area (Å²) in [5.41, 5.74) is 2.45. The SMILES string of the molecule is BrC1CC1c1cnn(-c2ccccc2)c1. The second kappa shape index (κ2) is 3.49. The first-order valence-electron chi connectivity index (χ1n) is 5.08. The lowest BCUT2D eigenvalue weighted by atomic mass is 10.2. The molecule has 2 unspecified atom stereocenters. The van der Waals surface area contributed by atoms with Crippen molar-refractivity contribution in [1.29, 1.82) is 0 Å². The van der Waals surface area contributed by atoms with Gasteiger partial charge in [0, 0.05) is 16.9 Å². The van der Waals surface area contributed by atoms with Gasteiger partial charge in [0.15, 0.2) is 0 Å². The van der Waals surface area contributed by atoms with Crippen molar-refractivity contribution in [3.05, 3.63) is 48.3 Å². The number of rotatable bonds is 2. The Morgan fingerprint density at radius 3 is 2.67 bits per heavy atom. The van der Waals surface area contributed by atoms with Gasteiger partial charge in [-0.2, -0.15) is 5.10 Å². The average Bonchev–Trinajstić information content (AvgIpc) is 2.83. The number of para-hydroxylation sites is 1. The van der Waals surface area contributed by atoms with Crippen molar-refractivity contribution in [3.63, 3.8) is 0 Å². The molecule has 15 heavy (non-hydrogen) atoms. The Morgan fingerprint density at radius 2 is 2.00 bits per heavy atom. The summed E-state index contributed by atoms with van der Waals surface area (Å²) in [5.74, 6) is 0.669. The van der Waals surface area contributed by atoms with Crippen LogP contribution in [0.2, 0.25) is 0 Å². The Bertz CT molecular complexity index is 463. The molecule has 1 aromatic carbocycles. The molecule has 3 heteroatoms. The maximum Gasteiger partial charge on any atom is 0.0645 e. The monoisotopic (exact) mass is 262 g/mol. The maximum absolute atomic E-state index is 4.38. The highest BCUT2D eigenvalue weighted by Gasteiger charge is 2.36. The van der Waals surface area contributed by atoms with Crippen LogP contribution in [0.1, 0.15) is 17.9 Å². The Labute approximate surface area is 97.1 Å². The summed E-state index contributed by atoms with van der Waals surface area (Å²) in [6.45, 7) is 0. The molecule has 1 aliphatic rings. The second-order valence-corrected chi connectivity index (χ2v) is 5.09. The van der Waals surface area contributed by atoms with E-state index >= 15 is 0 Å². The lowest BCUT2D eigenvalue weighted by Gasteiger charge is -1.98. The fraction of sp³-hybridized carbons (Fsp3) is 0.250. The minimum absolute atomic E-state index is 0.658. The van der Waals surface area contributed by atoms with Crippen molar-refractivity contribution in [2.24, 2.45) is 0 Å². The predicted molar refractivity (Wildman–Crippen MR) is 63.6 cm³/mol. The second-order valence-electron chi connectivity index (χ2n) is 3.91. The van der Waals surface area contributed by atoms with Gasteiger partial charge in [-0.15, -0.1) is 0 Å². The van der Waals surface area contributed by atoms with Crippen LogP contribution in [0.4, 0.5) is 0 Å². The summed E-state index contributed by atoms with van der Waals surface area (Å²) in [6.07, 6.45) is 5.33. The summed E-state index contributed by atoms with van der Waals surface area (Å²) < 4.78 is 1.94. The molecule has 2 atom stereocenters. The first kappa shape index (κ1) is 9.16. The first-order valence-corrected chi connectivity index (χ1v) is 6.00. The molecule has 2 nitrogen and oxygen atoms in total. The minimum Gasteiger partial charge on any atom is -0.241 e. The van der Waals surface area contributed by atoms with E-state index in [1.165, 1.54) is 12.0 Å². The third kappa shape index (κ3) is 1.72. The minimum atomic E-state index is 0.658. The average molecular weight is 263 g/mol. The zero-order valence-corrected chi connectivity index (χ0v) is 9.76. The van der Waals surface area contributed by atoms with Gasteiger partial charge in [0.25, 0.3) is 0 Å². The van der Waals surface area contributed by atoms with Crippen LogP contribution in [0.3, 0.4) is 0 Å². The quantitative estimate of drug-likeness (QED) is 0.761. The molecule has 0 spiro atoms. The molecule has 2 aromatic rings. The zero-order chi connectivity index (χ0) is 10.3. The molecule has 1 aromatic heterocycles. The van der Waals surface area contributed by atoms with Gasteiger partial charge < -0.3 is 0 Å². The van der Waals surface area contributed by atoms with Crippen molar-refractivity contribution in [1.82, 2.24) is 9.78 Å². The highest BCUT2D eigenvalue weighted by Crippen LogP contribution is 2.46. The number of hydrogen-bond donors (Lipinski definition) is 0. The molecular formula is C12H11BrN2. The van der Waals surface area contributed by atoms with E-state index in [0.717, 1.165) is 5.69 Å². The summed E-state index contributed by atoms with van der Waals surface area (Å²) in [5, 5.41) is 4.38. The Kier molecular flexibility index (Phi) is 2.13. The van der Waals surface area contributed by atoms with Gasteiger partial charge in [-0.25, -0.2) is 4.68 Å². The topological polar surface area (TPSA) is 17.8 Å². The van der Waals surface area contributed by atoms with E-state index in [2.05, 4.69) is 39.4 Å². The van der Waals surface area contributed by atoms with Gasteiger partial charge in [-0.1, -0.05) is 34.1 Å². The molecule has 0 aliphatic heterocycles. The smallest absolute Gasteiger partial charge is 0.0645 e. The van der Waals surface area contributed by atoms with Crippen LogP contribution in [-0.2, 0) is 0 Å². The van der Waals surface area contributed by atoms with E-state index in [0.29, 0.717) is 10.7 Å². The molecule has 3 rings (SSSR count). The molecule has 0 bridgehead atoms. The van der Waals surface area contributed by atoms with Gasteiger partial charge in [0.2, 0.25) is 0 Å². The number of hydrogen-bond acceptors (Lipinski definition) is 1. The summed E-state index contributed by atoms with van der Waals surface area (Å²) in [7, 11) is 0. The van der Waals surface area contributed by atoms with E-state index in [9.17, 15) is 0 Å². The molecule has 1 fully saturated rings. The highest BCUT2D eigenvalue weighted by atomic mass is 79.9. The highest BCUT2D eigenvalue weighted by molar-refractivity contribution is 9.09. The van der Waals surface area contributed by atoms with Crippen LogP contribution in [0.25, 0.3) is 5.69 Å². The fourth-order valence-electron chi connectivity index (χ4n) is 1.76. The third-order valence-corrected chi connectivity index (χ3v) is 3.78. The van der Waals surface area contributed by atoms with Crippen LogP contribution in [0, 0.1) is 0 Å². The molecule has 1 aliphatic carbocycles. The van der Waals surface area contributed by atoms with Crippen molar-refractivity contribution in [2.45, 2.75) is 17.2 Å². The molecule has 0 radical (unpaired) electrons. The van der Waals surface area contributed by atoms with E-state index in [1.54, 1.807) is 0 Å². The summed E-state index contributed by atoms with van der Waals surface area (Å²) >= 11 is 3.61. The van der Waals surface area contributed by atoms with Gasteiger partial charge >= 0.3 is 0 Å². The van der Waals surface area contributed by atoms with E-state index < -0.39 is 0 Å². The first-order chi connectivity index (χ1) is 7.34. The Balaban J connectivity index is 1.91. The Hall–Kier alpha value is -1.09. The van der Waals surface area contributed by atoms with Crippen molar-refractivity contribution >= 4 is 15.9 Å². The van der Waals surface area contributed by atoms with Crippen LogP contribution in [-0.4, -0.2) is 14.6 Å². The van der Waals surface area contributed by atoms with Crippen molar-refractivity contribution in [2.75, 3.05) is 0 Å². The van der Waals surface area contributed by atoms with Crippen LogP contribution < -0.4 is 0 Å². The van der Waals surface area contributed by atoms with Crippen LogP contribution in [0.15, 0.2) is 42.7 Å². The molecular weight excluding hydrogens is 252 g/mol. The van der Waals surface area contributed by atoms with Crippen LogP contribution >= 0.6 is 15.9 Å². The number of nitrogens with zero attached hydrogens (tertiary/aromatic N) is 2. The van der Waals surface area contributed by atoms with E-state index in [4.69, 9.17) is 0 Å². The maximum atomic E-state index is 4.38. The number of aromatic nitrogens is 2. The van der Waals surface area contributed by atoms with Gasteiger partial charge in [-0.3, -0.25) is 0 Å². The molecule has 0 saturated heterocycles. The third-order valence-electron chi connectivity index (χ3n) is 2.76.